The van der Waals surface area contributed by atoms with Gasteiger partial charge in [-0.25, -0.2) is 9.78 Å². The van der Waals surface area contributed by atoms with E-state index in [0.717, 1.165) is 4.47 Å². The van der Waals surface area contributed by atoms with Crippen LogP contribution >= 0.6 is 31.9 Å². The molecule has 10 heteroatoms. The number of ether oxygens (including phenoxy) is 2. The SMILES string of the molecule is CCOc1cc(C=Nn2c(C)nc3ccc(Br)cc3c2=O)cc(Br)c1OCC(=O)O. The number of rotatable bonds is 7. The van der Waals surface area contributed by atoms with Gasteiger partial charge in [0.25, 0.3) is 5.56 Å². The number of benzene rings is 2. The van der Waals surface area contributed by atoms with Gasteiger partial charge in [0.05, 0.1) is 28.2 Å². The Bertz CT molecular complexity index is 1210. The molecule has 0 fully saturated rings. The number of nitrogens with zero attached hydrogens (tertiary/aromatic N) is 3. The summed E-state index contributed by atoms with van der Waals surface area (Å²) >= 11 is 6.73. The van der Waals surface area contributed by atoms with Crippen molar-refractivity contribution in [2.45, 2.75) is 13.8 Å². The highest BCUT2D eigenvalue weighted by Gasteiger charge is 2.14. The van der Waals surface area contributed by atoms with Crippen LogP contribution in [-0.4, -0.2) is 40.2 Å². The van der Waals surface area contributed by atoms with E-state index in [-0.39, 0.29) is 11.3 Å². The summed E-state index contributed by atoms with van der Waals surface area (Å²) in [5.41, 5.74) is 0.919. The zero-order valence-corrected chi connectivity index (χ0v) is 19.2. The molecule has 8 nitrogen and oxygen atoms in total. The molecule has 0 aliphatic heterocycles. The number of fused-ring (bicyclic) bond motifs is 1. The van der Waals surface area contributed by atoms with Gasteiger partial charge in [-0.1, -0.05) is 15.9 Å². The van der Waals surface area contributed by atoms with E-state index in [1.807, 2.05) is 6.07 Å². The predicted molar refractivity (Wildman–Crippen MR) is 120 cm³/mol. The summed E-state index contributed by atoms with van der Waals surface area (Å²) in [6, 6.07) is 8.63. The van der Waals surface area contributed by atoms with Crippen LogP contribution in [0.5, 0.6) is 11.5 Å². The lowest BCUT2D eigenvalue weighted by molar-refractivity contribution is -0.139. The van der Waals surface area contributed by atoms with E-state index in [1.54, 1.807) is 38.1 Å². The van der Waals surface area contributed by atoms with Crippen LogP contribution in [-0.2, 0) is 4.79 Å². The minimum absolute atomic E-state index is 0.280. The van der Waals surface area contributed by atoms with Gasteiger partial charge < -0.3 is 14.6 Å². The van der Waals surface area contributed by atoms with E-state index in [1.165, 1.54) is 10.9 Å². The monoisotopic (exact) mass is 537 g/mol. The van der Waals surface area contributed by atoms with E-state index in [4.69, 9.17) is 14.6 Å². The highest BCUT2D eigenvalue weighted by Crippen LogP contribution is 2.36. The maximum absolute atomic E-state index is 12.8. The van der Waals surface area contributed by atoms with E-state index in [0.29, 0.717) is 39.1 Å². The minimum Gasteiger partial charge on any atom is -0.490 e. The van der Waals surface area contributed by atoms with Crippen LogP contribution in [0.3, 0.4) is 0 Å². The molecule has 0 saturated carbocycles. The van der Waals surface area contributed by atoms with Gasteiger partial charge in [0.1, 0.15) is 5.82 Å². The molecule has 30 heavy (non-hydrogen) atoms. The molecule has 0 aliphatic rings. The van der Waals surface area contributed by atoms with Crippen LogP contribution in [0.1, 0.15) is 18.3 Å². The molecule has 0 bridgehead atoms. The number of hydrogen-bond acceptors (Lipinski definition) is 6. The normalized spacial score (nSPS) is 11.2. The molecule has 3 aromatic rings. The van der Waals surface area contributed by atoms with Crippen LogP contribution in [0.2, 0.25) is 0 Å². The summed E-state index contributed by atoms with van der Waals surface area (Å²) in [6.07, 6.45) is 1.49. The number of aryl methyl sites for hydroxylation is 1. The van der Waals surface area contributed by atoms with Crippen molar-refractivity contribution in [1.82, 2.24) is 9.66 Å². The predicted octanol–water partition coefficient (Wildman–Crippen LogP) is 3.97. The largest absolute Gasteiger partial charge is 0.490 e. The van der Waals surface area contributed by atoms with Gasteiger partial charge >= 0.3 is 5.97 Å². The molecule has 0 atom stereocenters. The zero-order valence-electron chi connectivity index (χ0n) is 16.1. The number of carboxylic acids is 1. The summed E-state index contributed by atoms with van der Waals surface area (Å²) in [4.78, 5) is 28.1. The summed E-state index contributed by atoms with van der Waals surface area (Å²) in [6.45, 7) is 3.36. The molecule has 2 aromatic carbocycles. The van der Waals surface area contributed by atoms with Crippen LogP contribution < -0.4 is 15.0 Å². The summed E-state index contributed by atoms with van der Waals surface area (Å²) in [5, 5.41) is 13.6. The third-order valence-corrected chi connectivity index (χ3v) is 5.05. The Hall–Kier alpha value is -2.72. The molecule has 0 spiro atoms. The molecular weight excluding hydrogens is 522 g/mol. The second-order valence-corrected chi connectivity index (χ2v) is 7.90. The van der Waals surface area contributed by atoms with Crippen molar-refractivity contribution < 1.29 is 19.4 Å². The van der Waals surface area contributed by atoms with Crippen molar-refractivity contribution in [3.05, 3.63) is 61.0 Å². The van der Waals surface area contributed by atoms with Crippen LogP contribution in [0, 0.1) is 6.92 Å². The molecule has 156 valence electrons. The molecule has 0 unspecified atom stereocenters. The lowest BCUT2D eigenvalue weighted by Gasteiger charge is -2.13. The Labute approximate surface area is 188 Å². The Morgan fingerprint density at radius 3 is 2.73 bits per heavy atom. The molecule has 1 aromatic heterocycles. The Morgan fingerprint density at radius 2 is 2.03 bits per heavy atom. The highest BCUT2D eigenvalue weighted by atomic mass is 79.9. The van der Waals surface area contributed by atoms with Crippen molar-refractivity contribution in [3.8, 4) is 11.5 Å². The summed E-state index contributed by atoms with van der Waals surface area (Å²) in [5.74, 6) is -0.0157. The first-order chi connectivity index (χ1) is 14.3. The Morgan fingerprint density at radius 1 is 1.27 bits per heavy atom. The summed E-state index contributed by atoms with van der Waals surface area (Å²) in [7, 11) is 0. The lowest BCUT2D eigenvalue weighted by atomic mass is 10.2. The van der Waals surface area contributed by atoms with Gasteiger partial charge in [-0.2, -0.15) is 9.78 Å². The molecule has 3 rings (SSSR count). The van der Waals surface area contributed by atoms with Crippen LogP contribution in [0.4, 0.5) is 0 Å². The quantitative estimate of drug-likeness (QED) is 0.456. The zero-order chi connectivity index (χ0) is 21.8. The third kappa shape index (κ3) is 4.88. The number of carboxylic acid groups (broad SMARTS) is 1. The Balaban J connectivity index is 2.01. The average Bonchev–Trinajstić information content (AvgIpc) is 2.68. The number of hydrogen-bond donors (Lipinski definition) is 1. The number of aliphatic carboxylic acids is 1. The van der Waals surface area contributed by atoms with Gasteiger partial charge in [0, 0.05) is 4.47 Å². The standard InChI is InChI=1S/C20H17Br2N3O5/c1-3-29-17-7-12(6-15(22)19(17)30-10-18(26)27)9-23-25-11(2)24-16-5-4-13(21)8-14(16)20(25)28/h4-9H,3,10H2,1-2H3,(H,26,27). The van der Waals surface area contributed by atoms with Crippen molar-refractivity contribution in [1.29, 1.82) is 0 Å². The van der Waals surface area contributed by atoms with Crippen molar-refractivity contribution in [2.75, 3.05) is 13.2 Å². The van der Waals surface area contributed by atoms with E-state index >= 15 is 0 Å². The fourth-order valence-corrected chi connectivity index (χ4v) is 3.65. The number of halogens is 2. The molecule has 1 N–H and O–H groups in total. The van der Waals surface area contributed by atoms with Gasteiger partial charge in [0.2, 0.25) is 0 Å². The van der Waals surface area contributed by atoms with Gasteiger partial charge in [-0.05, 0) is 65.7 Å². The van der Waals surface area contributed by atoms with E-state index < -0.39 is 12.6 Å². The molecule has 0 radical (unpaired) electrons. The molecule has 0 saturated heterocycles. The molecule has 1 heterocycles. The van der Waals surface area contributed by atoms with Gasteiger partial charge in [0.15, 0.2) is 18.1 Å². The third-order valence-electron chi connectivity index (χ3n) is 3.96. The summed E-state index contributed by atoms with van der Waals surface area (Å²) < 4.78 is 13.4. The Kier molecular flexibility index (Phi) is 6.88. The van der Waals surface area contributed by atoms with Crippen LogP contribution in [0.25, 0.3) is 10.9 Å². The lowest BCUT2D eigenvalue weighted by Crippen LogP contribution is -2.20. The molecule has 0 aliphatic carbocycles. The second kappa shape index (κ2) is 9.40. The first-order valence-corrected chi connectivity index (χ1v) is 10.4. The molecular formula is C20H17Br2N3O5. The minimum atomic E-state index is -1.10. The van der Waals surface area contributed by atoms with Crippen molar-refractivity contribution in [3.63, 3.8) is 0 Å². The second-order valence-electron chi connectivity index (χ2n) is 6.13. The van der Waals surface area contributed by atoms with Crippen LogP contribution in [0.15, 0.2) is 49.2 Å². The highest BCUT2D eigenvalue weighted by molar-refractivity contribution is 9.10. The van der Waals surface area contributed by atoms with Gasteiger partial charge in [-0.3, -0.25) is 4.79 Å². The van der Waals surface area contributed by atoms with E-state index in [9.17, 15) is 9.59 Å². The van der Waals surface area contributed by atoms with Crippen molar-refractivity contribution in [2.24, 2.45) is 5.10 Å². The topological polar surface area (TPSA) is 103 Å². The van der Waals surface area contributed by atoms with E-state index in [2.05, 4.69) is 41.9 Å². The number of carbonyl (C=O) groups is 1. The van der Waals surface area contributed by atoms with Gasteiger partial charge in [-0.15, -0.1) is 0 Å². The molecule has 0 amide bonds. The van der Waals surface area contributed by atoms with Crippen molar-refractivity contribution >= 4 is 54.9 Å². The first kappa shape index (κ1) is 22.0. The average molecular weight is 539 g/mol. The number of aromatic nitrogens is 2. The first-order valence-electron chi connectivity index (χ1n) is 8.84. The smallest absolute Gasteiger partial charge is 0.341 e. The fraction of sp³-hybridized carbons (Fsp3) is 0.200. The maximum atomic E-state index is 12.8. The maximum Gasteiger partial charge on any atom is 0.341 e. The fourth-order valence-electron chi connectivity index (χ4n) is 2.72.